The molecule has 0 radical (unpaired) electrons. The molecule has 2 aromatic carbocycles. The van der Waals surface area contributed by atoms with Gasteiger partial charge >= 0.3 is 0 Å². The smallest absolute Gasteiger partial charge is 0.0702 e. The van der Waals surface area contributed by atoms with Crippen LogP contribution in [0.2, 0.25) is 0 Å². The van der Waals surface area contributed by atoms with Crippen molar-refractivity contribution < 1.29 is 0 Å². The molecule has 0 N–H and O–H groups in total. The van der Waals surface area contributed by atoms with Crippen molar-refractivity contribution in [1.82, 2.24) is 0 Å². The normalized spacial score (nSPS) is 12.3. The summed E-state index contributed by atoms with van der Waals surface area (Å²) in [4.78, 5) is 0. The second-order valence-electron chi connectivity index (χ2n) is 4.23. The highest BCUT2D eigenvalue weighted by Crippen LogP contribution is 2.47. The first kappa shape index (κ1) is 10.9. The number of hydrogen-bond donors (Lipinski definition) is 0. The Morgan fingerprint density at radius 3 is 2.18 bits per heavy atom. The zero-order valence-corrected chi connectivity index (χ0v) is 10.8. The Kier molecular flexibility index (Phi) is 2.50. The van der Waals surface area contributed by atoms with Gasteiger partial charge in [-0.2, -0.15) is 0 Å². The quantitative estimate of drug-likeness (QED) is 0.523. The van der Waals surface area contributed by atoms with E-state index in [4.69, 9.17) is 23.2 Å². The molecule has 17 heavy (non-hydrogen) atoms. The van der Waals surface area contributed by atoms with Crippen LogP contribution in [0, 0.1) is 6.92 Å². The van der Waals surface area contributed by atoms with E-state index in [-0.39, 0.29) is 0 Å². The molecule has 84 valence electrons. The van der Waals surface area contributed by atoms with Crippen LogP contribution in [0.1, 0.15) is 16.7 Å². The highest BCUT2D eigenvalue weighted by atomic mass is 35.5. The van der Waals surface area contributed by atoms with E-state index in [0.717, 1.165) is 16.7 Å². The molecule has 0 spiro atoms. The van der Waals surface area contributed by atoms with Crippen molar-refractivity contribution in [1.29, 1.82) is 0 Å². The summed E-state index contributed by atoms with van der Waals surface area (Å²) >= 11 is 12.0. The van der Waals surface area contributed by atoms with Crippen molar-refractivity contribution in [3.05, 3.63) is 63.6 Å². The van der Waals surface area contributed by atoms with Crippen LogP contribution in [0.4, 0.5) is 0 Å². The van der Waals surface area contributed by atoms with Crippen LogP contribution in [0.5, 0.6) is 0 Å². The molecule has 3 rings (SSSR count). The van der Waals surface area contributed by atoms with Crippen LogP contribution in [-0.2, 0) is 0 Å². The molecular weight excluding hydrogens is 251 g/mol. The summed E-state index contributed by atoms with van der Waals surface area (Å²) < 4.78 is 0.333. The lowest BCUT2D eigenvalue weighted by atomic mass is 10.0. The summed E-state index contributed by atoms with van der Waals surface area (Å²) in [5, 5.41) is 0. The summed E-state index contributed by atoms with van der Waals surface area (Å²) in [5.74, 6) is 0. The summed E-state index contributed by atoms with van der Waals surface area (Å²) in [5.41, 5.74) is 6.85. The molecule has 2 aromatic rings. The predicted octanol–water partition coefficient (Wildman–Crippen LogP) is 5.17. The van der Waals surface area contributed by atoms with Crippen LogP contribution < -0.4 is 0 Å². The van der Waals surface area contributed by atoms with Crippen molar-refractivity contribution in [3.63, 3.8) is 0 Å². The molecule has 1 aliphatic carbocycles. The summed E-state index contributed by atoms with van der Waals surface area (Å²) in [6.07, 6.45) is 0. The molecule has 0 saturated carbocycles. The van der Waals surface area contributed by atoms with Crippen LogP contribution in [-0.4, -0.2) is 0 Å². The number of halogens is 2. The molecule has 0 amide bonds. The average Bonchev–Trinajstić information content (AvgIpc) is 2.63. The summed E-state index contributed by atoms with van der Waals surface area (Å²) in [6, 6.07) is 14.6. The van der Waals surface area contributed by atoms with E-state index in [2.05, 4.69) is 37.3 Å². The number of benzene rings is 2. The highest BCUT2D eigenvalue weighted by molar-refractivity contribution is 6.59. The molecule has 0 bridgehead atoms. The molecule has 0 unspecified atom stereocenters. The first-order chi connectivity index (χ1) is 8.18. The van der Waals surface area contributed by atoms with Gasteiger partial charge in [-0.05, 0) is 29.2 Å². The minimum atomic E-state index is 0.333. The van der Waals surface area contributed by atoms with Gasteiger partial charge in [0.15, 0.2) is 0 Å². The molecule has 2 heteroatoms. The van der Waals surface area contributed by atoms with Gasteiger partial charge in [-0.1, -0.05) is 71.2 Å². The lowest BCUT2D eigenvalue weighted by Crippen LogP contribution is -1.82. The van der Waals surface area contributed by atoms with Crippen molar-refractivity contribution >= 4 is 28.8 Å². The molecule has 0 saturated heterocycles. The number of aryl methyl sites for hydroxylation is 1. The van der Waals surface area contributed by atoms with Crippen molar-refractivity contribution in [2.75, 3.05) is 0 Å². The minimum absolute atomic E-state index is 0.333. The maximum Gasteiger partial charge on any atom is 0.115 e. The average molecular weight is 261 g/mol. The standard InChI is InChI=1S/C15H10Cl2/c1-9-6-7-12-13(8-9)10-4-2-3-5-11(10)14(12)15(16)17/h2-8H,1H3. The Morgan fingerprint density at radius 1 is 0.824 bits per heavy atom. The summed E-state index contributed by atoms with van der Waals surface area (Å²) in [6.45, 7) is 2.09. The van der Waals surface area contributed by atoms with E-state index in [1.807, 2.05) is 12.1 Å². The molecule has 1 aliphatic rings. The summed E-state index contributed by atoms with van der Waals surface area (Å²) in [7, 11) is 0. The van der Waals surface area contributed by atoms with Crippen molar-refractivity contribution in [2.45, 2.75) is 6.92 Å². The maximum absolute atomic E-state index is 6.02. The Balaban J connectivity index is 2.43. The van der Waals surface area contributed by atoms with Crippen LogP contribution in [0.25, 0.3) is 16.7 Å². The van der Waals surface area contributed by atoms with Gasteiger partial charge < -0.3 is 0 Å². The second kappa shape index (κ2) is 3.90. The predicted molar refractivity (Wildman–Crippen MR) is 74.3 cm³/mol. The molecule has 0 nitrogen and oxygen atoms in total. The van der Waals surface area contributed by atoms with Gasteiger partial charge in [0.25, 0.3) is 0 Å². The van der Waals surface area contributed by atoms with E-state index in [1.54, 1.807) is 0 Å². The highest BCUT2D eigenvalue weighted by Gasteiger charge is 2.24. The largest absolute Gasteiger partial charge is 0.115 e. The molecule has 0 atom stereocenters. The molecule has 0 fully saturated rings. The van der Waals surface area contributed by atoms with Crippen molar-refractivity contribution in [3.8, 4) is 11.1 Å². The fraction of sp³-hybridized carbons (Fsp3) is 0.0667. The van der Waals surface area contributed by atoms with Crippen LogP contribution in [0.15, 0.2) is 47.0 Å². The van der Waals surface area contributed by atoms with E-state index in [9.17, 15) is 0 Å². The topological polar surface area (TPSA) is 0 Å². The lowest BCUT2D eigenvalue weighted by molar-refractivity contribution is 1.47. The zero-order valence-electron chi connectivity index (χ0n) is 9.30. The molecule has 0 aliphatic heterocycles. The zero-order chi connectivity index (χ0) is 12.0. The van der Waals surface area contributed by atoms with Crippen LogP contribution >= 0.6 is 23.2 Å². The Morgan fingerprint density at radius 2 is 1.47 bits per heavy atom. The van der Waals surface area contributed by atoms with E-state index in [1.165, 1.54) is 16.7 Å². The first-order valence-electron chi connectivity index (χ1n) is 5.44. The van der Waals surface area contributed by atoms with Crippen LogP contribution in [0.3, 0.4) is 0 Å². The third-order valence-corrected chi connectivity index (χ3v) is 3.50. The second-order valence-corrected chi connectivity index (χ2v) is 5.18. The fourth-order valence-corrected chi connectivity index (χ4v) is 2.79. The minimum Gasteiger partial charge on any atom is -0.0702 e. The monoisotopic (exact) mass is 260 g/mol. The van der Waals surface area contributed by atoms with Gasteiger partial charge in [-0.15, -0.1) is 0 Å². The number of rotatable bonds is 0. The SMILES string of the molecule is Cc1ccc2c(c1)-c1ccccc1C2=C(Cl)Cl. The lowest BCUT2D eigenvalue weighted by Gasteiger charge is -2.02. The van der Waals surface area contributed by atoms with E-state index < -0.39 is 0 Å². The number of hydrogen-bond acceptors (Lipinski definition) is 0. The molecular formula is C15H10Cl2. The van der Waals surface area contributed by atoms with Crippen molar-refractivity contribution in [2.24, 2.45) is 0 Å². The van der Waals surface area contributed by atoms with Gasteiger partial charge in [0.1, 0.15) is 4.49 Å². The van der Waals surface area contributed by atoms with Gasteiger partial charge in [0, 0.05) is 5.57 Å². The third-order valence-electron chi connectivity index (χ3n) is 3.12. The Hall–Kier alpha value is -1.24. The first-order valence-corrected chi connectivity index (χ1v) is 6.20. The van der Waals surface area contributed by atoms with Gasteiger partial charge in [-0.3, -0.25) is 0 Å². The Labute approximate surface area is 110 Å². The Bertz CT molecular complexity index is 635. The van der Waals surface area contributed by atoms with Gasteiger partial charge in [0.05, 0.1) is 0 Å². The maximum atomic E-state index is 6.02. The molecule has 0 aromatic heterocycles. The number of fused-ring (bicyclic) bond motifs is 3. The van der Waals surface area contributed by atoms with E-state index in [0.29, 0.717) is 4.49 Å². The van der Waals surface area contributed by atoms with E-state index >= 15 is 0 Å². The van der Waals surface area contributed by atoms with Gasteiger partial charge in [0.2, 0.25) is 0 Å². The van der Waals surface area contributed by atoms with Gasteiger partial charge in [-0.25, -0.2) is 0 Å². The molecule has 0 heterocycles. The fourth-order valence-electron chi connectivity index (χ4n) is 2.38. The third kappa shape index (κ3) is 1.60.